The van der Waals surface area contributed by atoms with E-state index in [0.29, 0.717) is 0 Å². The first-order valence-electron chi connectivity index (χ1n) is 6.27. The lowest BCUT2D eigenvalue weighted by Crippen LogP contribution is -2.49. The first-order chi connectivity index (χ1) is 8.74. The van der Waals surface area contributed by atoms with E-state index >= 15 is 0 Å². The zero-order chi connectivity index (χ0) is 13.0. The van der Waals surface area contributed by atoms with Crippen molar-refractivity contribution in [1.29, 1.82) is 5.26 Å². The van der Waals surface area contributed by atoms with Gasteiger partial charge in [0.25, 0.3) is 0 Å². The molecule has 96 valence electrons. The predicted octanol–water partition coefficient (Wildman–Crippen LogP) is 1.73. The smallest absolute Gasteiger partial charge is 0.120 e. The van der Waals surface area contributed by atoms with Gasteiger partial charge < -0.3 is 9.64 Å². The lowest BCUT2D eigenvalue weighted by molar-refractivity contribution is 0.231. The van der Waals surface area contributed by atoms with Gasteiger partial charge in [0, 0.05) is 37.9 Å². The van der Waals surface area contributed by atoms with E-state index < -0.39 is 0 Å². The fraction of sp³-hybridized carbons (Fsp3) is 0.500. The maximum Gasteiger partial charge on any atom is 0.120 e. The van der Waals surface area contributed by atoms with Crippen LogP contribution >= 0.6 is 0 Å². The Bertz CT molecular complexity index is 433. The van der Waals surface area contributed by atoms with Gasteiger partial charge in [0.1, 0.15) is 5.75 Å². The number of anilines is 1. The van der Waals surface area contributed by atoms with E-state index in [0.717, 1.165) is 31.9 Å². The summed E-state index contributed by atoms with van der Waals surface area (Å²) in [4.78, 5) is 4.56. The molecule has 18 heavy (non-hydrogen) atoms. The standard InChI is InChI=1S/C14H19N3O/c1-12(11-15)16-6-8-17(9-7-16)13-4-3-5-14(10-13)18-2/h3-5,10,12H,6-9H2,1-2H3. The van der Waals surface area contributed by atoms with Gasteiger partial charge in [0.05, 0.1) is 19.2 Å². The van der Waals surface area contributed by atoms with E-state index in [4.69, 9.17) is 10.00 Å². The van der Waals surface area contributed by atoms with Gasteiger partial charge in [-0.05, 0) is 19.1 Å². The number of hydrogen-bond donors (Lipinski definition) is 0. The summed E-state index contributed by atoms with van der Waals surface area (Å²) in [5.74, 6) is 0.889. The third-order valence-corrected chi connectivity index (χ3v) is 3.47. The summed E-state index contributed by atoms with van der Waals surface area (Å²) < 4.78 is 5.24. The lowest BCUT2D eigenvalue weighted by Gasteiger charge is -2.37. The molecule has 0 bridgehead atoms. The number of benzene rings is 1. The van der Waals surface area contributed by atoms with Gasteiger partial charge in [-0.15, -0.1) is 0 Å². The Morgan fingerprint density at radius 2 is 2.00 bits per heavy atom. The van der Waals surface area contributed by atoms with Gasteiger partial charge in [-0.1, -0.05) is 6.07 Å². The second kappa shape index (κ2) is 5.74. The molecule has 0 radical (unpaired) electrons. The molecule has 0 aromatic heterocycles. The maximum absolute atomic E-state index is 8.92. The SMILES string of the molecule is COc1cccc(N2CCN(C(C)C#N)CC2)c1. The molecule has 1 aromatic rings. The highest BCUT2D eigenvalue weighted by molar-refractivity contribution is 5.51. The van der Waals surface area contributed by atoms with Crippen molar-refractivity contribution in [2.45, 2.75) is 13.0 Å². The lowest BCUT2D eigenvalue weighted by atomic mass is 10.2. The highest BCUT2D eigenvalue weighted by atomic mass is 16.5. The second-order valence-corrected chi connectivity index (χ2v) is 4.53. The molecule has 4 nitrogen and oxygen atoms in total. The van der Waals surface area contributed by atoms with E-state index in [1.807, 2.05) is 19.1 Å². The third-order valence-electron chi connectivity index (χ3n) is 3.47. The average Bonchev–Trinajstić information content (AvgIpc) is 2.46. The minimum absolute atomic E-state index is 0.0115. The van der Waals surface area contributed by atoms with E-state index in [1.54, 1.807) is 7.11 Å². The molecule has 0 aliphatic carbocycles. The molecule has 1 aliphatic rings. The van der Waals surface area contributed by atoms with Gasteiger partial charge >= 0.3 is 0 Å². The number of piperazine rings is 1. The maximum atomic E-state index is 8.92. The van der Waals surface area contributed by atoms with Crippen LogP contribution in [-0.4, -0.2) is 44.2 Å². The largest absolute Gasteiger partial charge is 0.497 e. The van der Waals surface area contributed by atoms with Crippen LogP contribution in [0, 0.1) is 11.3 Å². The summed E-state index contributed by atoms with van der Waals surface area (Å²) in [6.45, 7) is 5.75. The predicted molar refractivity (Wildman–Crippen MR) is 71.9 cm³/mol. The molecule has 0 saturated carbocycles. The van der Waals surface area contributed by atoms with Gasteiger partial charge in [-0.25, -0.2) is 0 Å². The number of nitrogens with zero attached hydrogens (tertiary/aromatic N) is 3. The van der Waals surface area contributed by atoms with Crippen LogP contribution in [0.4, 0.5) is 5.69 Å². The van der Waals surface area contributed by atoms with E-state index in [9.17, 15) is 0 Å². The number of methoxy groups -OCH3 is 1. The third kappa shape index (κ3) is 2.74. The van der Waals surface area contributed by atoms with Gasteiger partial charge in [0.15, 0.2) is 0 Å². The van der Waals surface area contributed by atoms with E-state index in [1.165, 1.54) is 5.69 Å². The summed E-state index contributed by atoms with van der Waals surface area (Å²) in [7, 11) is 1.69. The highest BCUT2D eigenvalue weighted by Gasteiger charge is 2.20. The Hall–Kier alpha value is -1.73. The molecule has 1 aliphatic heterocycles. The zero-order valence-electron chi connectivity index (χ0n) is 11.0. The van der Waals surface area contributed by atoms with Crippen molar-refractivity contribution >= 4 is 5.69 Å². The normalized spacial score (nSPS) is 18.2. The molecule has 1 aromatic carbocycles. The first-order valence-corrected chi connectivity index (χ1v) is 6.27. The van der Waals surface area contributed by atoms with Crippen LogP contribution in [0.3, 0.4) is 0 Å². The Kier molecular flexibility index (Phi) is 4.06. The Labute approximate surface area is 108 Å². The molecule has 4 heteroatoms. The summed E-state index contributed by atoms with van der Waals surface area (Å²) in [5, 5.41) is 8.92. The van der Waals surface area contributed by atoms with Gasteiger partial charge in [0.2, 0.25) is 0 Å². The van der Waals surface area contributed by atoms with Crippen molar-refractivity contribution in [1.82, 2.24) is 4.90 Å². The van der Waals surface area contributed by atoms with Crippen molar-refractivity contribution in [2.24, 2.45) is 0 Å². The van der Waals surface area contributed by atoms with E-state index in [-0.39, 0.29) is 6.04 Å². The topological polar surface area (TPSA) is 39.5 Å². The van der Waals surface area contributed by atoms with Crippen molar-refractivity contribution in [3.05, 3.63) is 24.3 Å². The minimum atomic E-state index is 0.0115. The molecular weight excluding hydrogens is 226 g/mol. The molecule has 2 rings (SSSR count). The minimum Gasteiger partial charge on any atom is -0.497 e. The fourth-order valence-corrected chi connectivity index (χ4v) is 2.26. The van der Waals surface area contributed by atoms with Crippen LogP contribution in [0.1, 0.15) is 6.92 Å². The molecule has 1 unspecified atom stereocenters. The van der Waals surface area contributed by atoms with Crippen LogP contribution in [0.5, 0.6) is 5.75 Å². The number of ether oxygens (including phenoxy) is 1. The van der Waals surface area contributed by atoms with Crippen LogP contribution in [0.25, 0.3) is 0 Å². The molecule has 1 atom stereocenters. The Balaban J connectivity index is 1.99. The number of rotatable bonds is 3. The summed E-state index contributed by atoms with van der Waals surface area (Å²) >= 11 is 0. The highest BCUT2D eigenvalue weighted by Crippen LogP contribution is 2.22. The van der Waals surface area contributed by atoms with Crippen molar-refractivity contribution in [3.63, 3.8) is 0 Å². The first kappa shape index (κ1) is 12.7. The summed E-state index contributed by atoms with van der Waals surface area (Å²) in [6, 6.07) is 10.4. The van der Waals surface area contributed by atoms with Crippen molar-refractivity contribution in [3.8, 4) is 11.8 Å². The Morgan fingerprint density at radius 1 is 1.28 bits per heavy atom. The molecule has 0 amide bonds. The van der Waals surface area contributed by atoms with Crippen molar-refractivity contribution < 1.29 is 4.74 Å². The molecule has 1 saturated heterocycles. The zero-order valence-corrected chi connectivity index (χ0v) is 11.0. The van der Waals surface area contributed by atoms with Crippen LogP contribution in [0.15, 0.2) is 24.3 Å². The second-order valence-electron chi connectivity index (χ2n) is 4.53. The molecule has 0 spiro atoms. The number of nitriles is 1. The van der Waals surface area contributed by atoms with Crippen LogP contribution in [-0.2, 0) is 0 Å². The van der Waals surface area contributed by atoms with Crippen LogP contribution in [0.2, 0.25) is 0 Å². The molecule has 1 fully saturated rings. The Morgan fingerprint density at radius 3 is 2.61 bits per heavy atom. The quantitative estimate of drug-likeness (QED) is 0.813. The molecule has 0 N–H and O–H groups in total. The summed E-state index contributed by atoms with van der Waals surface area (Å²) in [5.41, 5.74) is 1.19. The van der Waals surface area contributed by atoms with Gasteiger partial charge in [-0.2, -0.15) is 5.26 Å². The average molecular weight is 245 g/mol. The van der Waals surface area contributed by atoms with Gasteiger partial charge in [-0.3, -0.25) is 4.90 Å². The molecule has 1 heterocycles. The van der Waals surface area contributed by atoms with Crippen molar-refractivity contribution in [2.75, 3.05) is 38.2 Å². The summed E-state index contributed by atoms with van der Waals surface area (Å²) in [6.07, 6.45) is 0. The fourth-order valence-electron chi connectivity index (χ4n) is 2.26. The monoisotopic (exact) mass is 245 g/mol. The molecular formula is C14H19N3O. The van der Waals surface area contributed by atoms with Crippen LogP contribution < -0.4 is 9.64 Å². The van der Waals surface area contributed by atoms with E-state index in [2.05, 4.69) is 28.0 Å². The number of hydrogen-bond acceptors (Lipinski definition) is 4.